The number of benzene rings is 1. The lowest BCUT2D eigenvalue weighted by Gasteiger charge is -2.13. The quantitative estimate of drug-likeness (QED) is 0.555. The van der Waals surface area contributed by atoms with Gasteiger partial charge in [-0.15, -0.1) is 5.06 Å². The number of hydrogen-bond acceptors (Lipinski definition) is 7. The van der Waals surface area contributed by atoms with Gasteiger partial charge in [-0.2, -0.15) is 0 Å². The van der Waals surface area contributed by atoms with Crippen LogP contribution in [0.15, 0.2) is 52.5 Å². The van der Waals surface area contributed by atoms with Crippen molar-refractivity contribution in [3.05, 3.63) is 53.7 Å². The number of carbonyl (C=O) groups is 3. The van der Waals surface area contributed by atoms with Crippen LogP contribution in [-0.2, 0) is 25.6 Å². The minimum absolute atomic E-state index is 0.0147. The molecule has 0 unspecified atom stereocenters. The summed E-state index contributed by atoms with van der Waals surface area (Å²) in [5.74, 6) is -1.59. The molecule has 2 amide bonds. The first-order valence-corrected chi connectivity index (χ1v) is 10.1. The maximum atomic E-state index is 12.0. The second-order valence-corrected chi connectivity index (χ2v) is 7.85. The van der Waals surface area contributed by atoms with E-state index in [0.717, 1.165) is 21.0 Å². The van der Waals surface area contributed by atoms with E-state index < -0.39 is 17.8 Å². The van der Waals surface area contributed by atoms with Crippen molar-refractivity contribution in [3.8, 4) is 0 Å². The van der Waals surface area contributed by atoms with Crippen LogP contribution in [0.25, 0.3) is 0 Å². The molecule has 1 aromatic heterocycles. The standard InChI is InChI=1S/C18H16N2O4S2/c1-12-5-6-13(10-14(12)25-26-15-4-2-3-9-19-15)11-18(23)24-20-16(21)7-8-17(20)22/h2-6,9-10H,7-8,11H2,1H3. The zero-order valence-electron chi connectivity index (χ0n) is 14.0. The first kappa shape index (κ1) is 18.5. The average molecular weight is 388 g/mol. The smallest absolute Gasteiger partial charge is 0.330 e. The molecule has 3 rings (SSSR count). The van der Waals surface area contributed by atoms with Gasteiger partial charge in [-0.1, -0.05) is 29.0 Å². The van der Waals surface area contributed by atoms with Gasteiger partial charge in [0.1, 0.15) is 5.03 Å². The van der Waals surface area contributed by atoms with Gasteiger partial charge in [-0.25, -0.2) is 9.78 Å². The van der Waals surface area contributed by atoms with Crippen LogP contribution < -0.4 is 0 Å². The number of imide groups is 1. The Kier molecular flexibility index (Phi) is 5.95. The monoisotopic (exact) mass is 388 g/mol. The summed E-state index contributed by atoms with van der Waals surface area (Å²) < 4.78 is 0. The highest BCUT2D eigenvalue weighted by Gasteiger charge is 2.32. The largest absolute Gasteiger partial charge is 0.337 e. The molecule has 0 bridgehead atoms. The number of amides is 2. The van der Waals surface area contributed by atoms with Crippen LogP contribution >= 0.6 is 21.6 Å². The summed E-state index contributed by atoms with van der Waals surface area (Å²) >= 11 is 0. The van der Waals surface area contributed by atoms with Crippen LogP contribution in [0.2, 0.25) is 0 Å². The molecule has 0 radical (unpaired) electrons. The van der Waals surface area contributed by atoms with Crippen LogP contribution in [0, 0.1) is 6.92 Å². The second-order valence-electron chi connectivity index (χ2n) is 5.66. The summed E-state index contributed by atoms with van der Waals surface area (Å²) in [4.78, 5) is 45.2. The van der Waals surface area contributed by atoms with Crippen molar-refractivity contribution >= 4 is 39.4 Å². The van der Waals surface area contributed by atoms with E-state index in [-0.39, 0.29) is 19.3 Å². The number of aromatic nitrogens is 1. The normalized spacial score (nSPS) is 14.0. The topological polar surface area (TPSA) is 76.6 Å². The third-order valence-electron chi connectivity index (χ3n) is 3.65. The summed E-state index contributed by atoms with van der Waals surface area (Å²) in [5.41, 5.74) is 1.84. The van der Waals surface area contributed by atoms with Crippen molar-refractivity contribution in [1.82, 2.24) is 10.0 Å². The van der Waals surface area contributed by atoms with E-state index in [0.29, 0.717) is 5.06 Å². The van der Waals surface area contributed by atoms with Gasteiger partial charge in [0.25, 0.3) is 11.8 Å². The highest BCUT2D eigenvalue weighted by molar-refractivity contribution is 8.76. The van der Waals surface area contributed by atoms with Crippen molar-refractivity contribution in [3.63, 3.8) is 0 Å². The van der Waals surface area contributed by atoms with Gasteiger partial charge < -0.3 is 4.84 Å². The first-order valence-electron chi connectivity index (χ1n) is 7.94. The SMILES string of the molecule is Cc1ccc(CC(=O)ON2C(=O)CCC2=O)cc1SSc1ccccn1. The van der Waals surface area contributed by atoms with Crippen LogP contribution in [0.4, 0.5) is 0 Å². The molecule has 0 saturated carbocycles. The van der Waals surface area contributed by atoms with Crippen molar-refractivity contribution in [2.75, 3.05) is 0 Å². The maximum absolute atomic E-state index is 12.0. The van der Waals surface area contributed by atoms with Crippen LogP contribution in [0.3, 0.4) is 0 Å². The number of hydrogen-bond donors (Lipinski definition) is 0. The van der Waals surface area contributed by atoms with Gasteiger partial charge >= 0.3 is 5.97 Å². The van der Waals surface area contributed by atoms with Gasteiger partial charge in [0.05, 0.1) is 6.42 Å². The van der Waals surface area contributed by atoms with E-state index in [1.54, 1.807) is 17.0 Å². The molecule has 0 spiro atoms. The molecule has 0 N–H and O–H groups in total. The van der Waals surface area contributed by atoms with Gasteiger partial charge in [0, 0.05) is 23.9 Å². The number of aryl methyl sites for hydroxylation is 1. The molecular formula is C18H16N2O4S2. The van der Waals surface area contributed by atoms with Gasteiger partial charge in [0.15, 0.2) is 0 Å². The molecule has 1 aromatic carbocycles. The second kappa shape index (κ2) is 8.37. The number of pyridine rings is 1. The van der Waals surface area contributed by atoms with E-state index in [1.807, 2.05) is 43.3 Å². The Morgan fingerprint density at radius 1 is 1.15 bits per heavy atom. The number of carbonyl (C=O) groups excluding carboxylic acids is 3. The molecule has 0 aliphatic carbocycles. The lowest BCUT2D eigenvalue weighted by molar-refractivity contribution is -0.197. The highest BCUT2D eigenvalue weighted by atomic mass is 33.1. The Balaban J connectivity index is 1.62. The van der Waals surface area contributed by atoms with Crippen molar-refractivity contribution in [1.29, 1.82) is 0 Å². The molecule has 26 heavy (non-hydrogen) atoms. The van der Waals surface area contributed by atoms with Crippen LogP contribution in [-0.4, -0.2) is 27.8 Å². The molecule has 134 valence electrons. The minimum Gasteiger partial charge on any atom is -0.330 e. The summed E-state index contributed by atoms with van der Waals surface area (Å²) in [6, 6.07) is 11.4. The number of nitrogens with zero attached hydrogens (tertiary/aromatic N) is 2. The summed E-state index contributed by atoms with van der Waals surface area (Å²) in [6.07, 6.45) is 1.90. The maximum Gasteiger partial charge on any atom is 0.337 e. The van der Waals surface area contributed by atoms with Crippen LogP contribution in [0.1, 0.15) is 24.0 Å². The van der Waals surface area contributed by atoms with E-state index in [2.05, 4.69) is 4.98 Å². The number of rotatable bonds is 6. The predicted octanol–water partition coefficient (Wildman–Crippen LogP) is 3.34. The summed E-state index contributed by atoms with van der Waals surface area (Å²) in [5, 5.41) is 1.47. The molecule has 2 aromatic rings. The first-order chi connectivity index (χ1) is 12.5. The van der Waals surface area contributed by atoms with Crippen molar-refractivity contribution < 1.29 is 19.2 Å². The van der Waals surface area contributed by atoms with Gasteiger partial charge in [0.2, 0.25) is 0 Å². The van der Waals surface area contributed by atoms with Crippen LogP contribution in [0.5, 0.6) is 0 Å². The average Bonchev–Trinajstić information content (AvgIpc) is 2.95. The zero-order valence-corrected chi connectivity index (χ0v) is 15.6. The lowest BCUT2D eigenvalue weighted by Crippen LogP contribution is -2.32. The Morgan fingerprint density at radius 2 is 1.92 bits per heavy atom. The lowest BCUT2D eigenvalue weighted by atomic mass is 10.1. The molecule has 0 atom stereocenters. The molecule has 1 fully saturated rings. The fraction of sp³-hybridized carbons (Fsp3) is 0.222. The zero-order chi connectivity index (χ0) is 18.5. The van der Waals surface area contributed by atoms with E-state index in [1.165, 1.54) is 10.8 Å². The molecule has 2 heterocycles. The predicted molar refractivity (Wildman–Crippen MR) is 98.0 cm³/mol. The third-order valence-corrected chi connectivity index (χ3v) is 6.07. The summed E-state index contributed by atoms with van der Waals surface area (Å²) in [6.45, 7) is 1.99. The van der Waals surface area contributed by atoms with E-state index in [4.69, 9.17) is 4.84 Å². The van der Waals surface area contributed by atoms with Gasteiger partial charge in [-0.3, -0.25) is 9.59 Å². The van der Waals surface area contributed by atoms with E-state index in [9.17, 15) is 14.4 Å². The van der Waals surface area contributed by atoms with Crippen molar-refractivity contribution in [2.24, 2.45) is 0 Å². The molecular weight excluding hydrogens is 372 g/mol. The highest BCUT2D eigenvalue weighted by Crippen LogP contribution is 2.38. The third kappa shape index (κ3) is 4.64. The molecule has 8 heteroatoms. The number of hydroxylamine groups is 2. The molecule has 6 nitrogen and oxygen atoms in total. The Labute approximate surface area is 158 Å². The Morgan fingerprint density at radius 3 is 2.62 bits per heavy atom. The van der Waals surface area contributed by atoms with Crippen molar-refractivity contribution in [2.45, 2.75) is 36.1 Å². The molecule has 1 aliphatic heterocycles. The molecule has 1 saturated heterocycles. The summed E-state index contributed by atoms with van der Waals surface area (Å²) in [7, 11) is 3.09. The minimum atomic E-state index is -0.634. The van der Waals surface area contributed by atoms with E-state index >= 15 is 0 Å². The Bertz CT molecular complexity index is 826. The Hall–Kier alpha value is -2.32. The fourth-order valence-corrected chi connectivity index (χ4v) is 4.46. The fourth-order valence-electron chi connectivity index (χ4n) is 2.29. The molecule has 1 aliphatic rings. The van der Waals surface area contributed by atoms with Gasteiger partial charge in [-0.05, 0) is 47.0 Å².